The van der Waals surface area contributed by atoms with Crippen LogP contribution in [-0.4, -0.2) is 54.3 Å². The van der Waals surface area contributed by atoms with E-state index < -0.39 is 0 Å². The zero-order valence-electron chi connectivity index (χ0n) is 17.7. The Morgan fingerprint density at radius 3 is 2.79 bits per heavy atom. The van der Waals surface area contributed by atoms with Gasteiger partial charge in [-0.25, -0.2) is 9.98 Å². The van der Waals surface area contributed by atoms with Crippen LogP contribution in [0.25, 0.3) is 0 Å². The lowest BCUT2D eigenvalue weighted by molar-refractivity contribution is 0.189. The molecule has 2 heterocycles. The first-order valence-electron chi connectivity index (χ1n) is 9.88. The molecule has 0 radical (unpaired) electrons. The van der Waals surface area contributed by atoms with Crippen LogP contribution < -0.4 is 14.8 Å². The molecule has 8 heteroatoms. The van der Waals surface area contributed by atoms with Crippen LogP contribution in [0.5, 0.6) is 11.5 Å². The van der Waals surface area contributed by atoms with Crippen LogP contribution in [-0.2, 0) is 6.54 Å². The summed E-state index contributed by atoms with van der Waals surface area (Å²) in [4.78, 5) is 11.5. The molecule has 1 aliphatic rings. The van der Waals surface area contributed by atoms with Gasteiger partial charge in [-0.2, -0.15) is 0 Å². The summed E-state index contributed by atoms with van der Waals surface area (Å²) in [6, 6.07) is 6.29. The molecule has 0 amide bonds. The summed E-state index contributed by atoms with van der Waals surface area (Å²) in [6.07, 6.45) is 6.93. The summed E-state index contributed by atoms with van der Waals surface area (Å²) in [5.41, 5.74) is 1.01. The molecular formula is C21H32IN5O2. The third-order valence-corrected chi connectivity index (χ3v) is 5.34. The Balaban J connectivity index is 0.00000300. The quantitative estimate of drug-likeness (QED) is 0.364. The first kappa shape index (κ1) is 23.3. The minimum Gasteiger partial charge on any atom is -0.493 e. The van der Waals surface area contributed by atoms with Crippen LogP contribution in [0, 0.1) is 5.92 Å². The van der Waals surface area contributed by atoms with Crippen LogP contribution >= 0.6 is 24.0 Å². The monoisotopic (exact) mass is 513 g/mol. The maximum atomic E-state index is 5.55. The Morgan fingerprint density at radius 1 is 1.31 bits per heavy atom. The summed E-state index contributed by atoms with van der Waals surface area (Å²) in [6.45, 7) is 7.68. The highest BCUT2D eigenvalue weighted by molar-refractivity contribution is 14.0. The first-order valence-corrected chi connectivity index (χ1v) is 9.88. The van der Waals surface area contributed by atoms with Crippen molar-refractivity contribution in [1.82, 2.24) is 19.8 Å². The smallest absolute Gasteiger partial charge is 0.194 e. The number of halogens is 1. The second-order valence-corrected chi connectivity index (χ2v) is 7.11. The van der Waals surface area contributed by atoms with E-state index in [2.05, 4.69) is 39.8 Å². The lowest BCUT2D eigenvalue weighted by Gasteiger charge is -2.39. The van der Waals surface area contributed by atoms with Crippen LogP contribution in [0.15, 0.2) is 41.9 Å². The topological polar surface area (TPSA) is 63.9 Å². The number of ether oxygens (including phenoxy) is 2. The van der Waals surface area contributed by atoms with E-state index in [-0.39, 0.29) is 24.0 Å². The van der Waals surface area contributed by atoms with Crippen LogP contribution in [0.4, 0.5) is 0 Å². The van der Waals surface area contributed by atoms with Crippen molar-refractivity contribution in [1.29, 1.82) is 0 Å². The van der Waals surface area contributed by atoms with Crippen molar-refractivity contribution in [3.63, 3.8) is 0 Å². The zero-order chi connectivity index (χ0) is 19.9. The molecular weight excluding hydrogens is 481 g/mol. The Bertz CT molecular complexity index is 781. The lowest BCUT2D eigenvalue weighted by atomic mass is 9.93. The van der Waals surface area contributed by atoms with Gasteiger partial charge in [-0.15, -0.1) is 24.0 Å². The third-order valence-electron chi connectivity index (χ3n) is 5.34. The number of piperidine rings is 1. The Kier molecular flexibility index (Phi) is 9.06. The van der Waals surface area contributed by atoms with E-state index in [4.69, 9.17) is 14.5 Å². The maximum Gasteiger partial charge on any atom is 0.194 e. The number of benzene rings is 1. The molecule has 1 N–H and O–H groups in total. The molecule has 160 valence electrons. The van der Waals surface area contributed by atoms with Gasteiger partial charge in [0, 0.05) is 37.6 Å². The molecule has 29 heavy (non-hydrogen) atoms. The molecule has 1 saturated heterocycles. The van der Waals surface area contributed by atoms with E-state index in [9.17, 15) is 0 Å². The van der Waals surface area contributed by atoms with E-state index in [0.717, 1.165) is 49.1 Å². The molecule has 1 aliphatic heterocycles. The van der Waals surface area contributed by atoms with Gasteiger partial charge in [0.1, 0.15) is 0 Å². The van der Waals surface area contributed by atoms with Gasteiger partial charge < -0.3 is 24.3 Å². The van der Waals surface area contributed by atoms with Crippen LogP contribution in [0.3, 0.4) is 0 Å². The molecule has 0 aliphatic carbocycles. The highest BCUT2D eigenvalue weighted by Crippen LogP contribution is 2.31. The molecule has 0 bridgehead atoms. The highest BCUT2D eigenvalue weighted by Gasteiger charge is 2.29. The predicted molar refractivity (Wildman–Crippen MR) is 126 cm³/mol. The second kappa shape index (κ2) is 11.3. The van der Waals surface area contributed by atoms with Crippen molar-refractivity contribution in [2.75, 3.05) is 33.9 Å². The summed E-state index contributed by atoms with van der Waals surface area (Å²) < 4.78 is 13.2. The minimum atomic E-state index is 0. The number of likely N-dealkylation sites (tertiary alicyclic amines) is 1. The molecule has 1 aromatic heterocycles. The van der Waals surface area contributed by atoms with E-state index >= 15 is 0 Å². The maximum absolute atomic E-state index is 5.55. The summed E-state index contributed by atoms with van der Waals surface area (Å²) >= 11 is 0. The average Bonchev–Trinajstić information content (AvgIpc) is 3.25. The second-order valence-electron chi connectivity index (χ2n) is 7.11. The SMILES string of the molecule is CCNC(=NCc1cccc(OC)c1OC)N1CCC(C)C(n2ccnc2)C1.I. The van der Waals surface area contributed by atoms with Gasteiger partial charge in [-0.05, 0) is 25.3 Å². The van der Waals surface area contributed by atoms with Crippen molar-refractivity contribution in [2.24, 2.45) is 10.9 Å². The highest BCUT2D eigenvalue weighted by atomic mass is 127. The Labute approximate surface area is 190 Å². The number of imidazole rings is 1. The predicted octanol–water partition coefficient (Wildman–Crippen LogP) is 3.57. The number of aliphatic imine (C=N–C) groups is 1. The number of hydrogen-bond donors (Lipinski definition) is 1. The lowest BCUT2D eigenvalue weighted by Crippen LogP contribution is -2.49. The summed E-state index contributed by atoms with van der Waals surface area (Å²) in [5.74, 6) is 3.01. The van der Waals surface area contributed by atoms with E-state index in [1.165, 1.54) is 0 Å². The molecule has 1 aromatic carbocycles. The normalized spacial score (nSPS) is 19.4. The van der Waals surface area contributed by atoms with Crippen molar-refractivity contribution in [3.8, 4) is 11.5 Å². The van der Waals surface area contributed by atoms with Crippen LogP contribution in [0.1, 0.15) is 31.9 Å². The molecule has 2 aromatic rings. The average molecular weight is 513 g/mol. The van der Waals surface area contributed by atoms with E-state index in [0.29, 0.717) is 18.5 Å². The largest absolute Gasteiger partial charge is 0.493 e. The fraction of sp³-hybridized carbons (Fsp3) is 0.524. The van der Waals surface area contributed by atoms with Crippen LogP contribution in [0.2, 0.25) is 0 Å². The van der Waals surface area contributed by atoms with Crippen molar-refractivity contribution in [2.45, 2.75) is 32.9 Å². The van der Waals surface area contributed by atoms with Gasteiger partial charge in [0.2, 0.25) is 0 Å². The zero-order valence-corrected chi connectivity index (χ0v) is 20.0. The van der Waals surface area contributed by atoms with Crippen molar-refractivity contribution >= 4 is 29.9 Å². The Hall–Kier alpha value is -1.97. The fourth-order valence-corrected chi connectivity index (χ4v) is 3.76. The standard InChI is InChI=1S/C21H31N5O2.HI/c1-5-23-21(24-13-17-7-6-8-19(27-3)20(17)28-4)25-11-9-16(2)18(14-25)26-12-10-22-15-26;/h6-8,10,12,15-16,18H,5,9,11,13-14H2,1-4H3,(H,23,24);1H. The number of guanidine groups is 1. The van der Waals surface area contributed by atoms with Gasteiger partial charge in [-0.3, -0.25) is 0 Å². The number of methoxy groups -OCH3 is 2. The molecule has 2 atom stereocenters. The molecule has 0 saturated carbocycles. The minimum absolute atomic E-state index is 0. The number of hydrogen-bond acceptors (Lipinski definition) is 4. The van der Waals surface area contributed by atoms with Gasteiger partial charge >= 0.3 is 0 Å². The number of nitrogens with zero attached hydrogens (tertiary/aromatic N) is 4. The number of nitrogens with one attached hydrogen (secondary N) is 1. The third kappa shape index (κ3) is 5.55. The number of aromatic nitrogens is 2. The molecule has 3 rings (SSSR count). The molecule has 2 unspecified atom stereocenters. The molecule has 0 spiro atoms. The van der Waals surface area contributed by atoms with Gasteiger partial charge in [0.05, 0.1) is 33.1 Å². The van der Waals surface area contributed by atoms with E-state index in [1.807, 2.05) is 30.7 Å². The summed E-state index contributed by atoms with van der Waals surface area (Å²) in [5, 5.41) is 3.45. The fourth-order valence-electron chi connectivity index (χ4n) is 3.76. The number of rotatable bonds is 6. The van der Waals surface area contributed by atoms with Gasteiger partial charge in [-0.1, -0.05) is 19.1 Å². The Morgan fingerprint density at radius 2 is 2.14 bits per heavy atom. The number of para-hydroxylation sites is 1. The van der Waals surface area contributed by atoms with Gasteiger partial charge in [0.15, 0.2) is 17.5 Å². The van der Waals surface area contributed by atoms with Crippen molar-refractivity contribution < 1.29 is 9.47 Å². The van der Waals surface area contributed by atoms with Gasteiger partial charge in [0.25, 0.3) is 0 Å². The van der Waals surface area contributed by atoms with E-state index in [1.54, 1.807) is 14.2 Å². The van der Waals surface area contributed by atoms with Crippen molar-refractivity contribution in [3.05, 3.63) is 42.5 Å². The summed E-state index contributed by atoms with van der Waals surface area (Å²) in [7, 11) is 3.32. The first-order chi connectivity index (χ1) is 13.7. The molecule has 7 nitrogen and oxygen atoms in total. The molecule has 1 fully saturated rings.